The van der Waals surface area contributed by atoms with Crippen LogP contribution in [0.15, 0.2) is 23.2 Å². The van der Waals surface area contributed by atoms with Crippen LogP contribution >= 0.6 is 24.0 Å². The number of benzene rings is 1. The molecule has 6 nitrogen and oxygen atoms in total. The van der Waals surface area contributed by atoms with Crippen LogP contribution in [0.25, 0.3) is 0 Å². The second kappa shape index (κ2) is 15.1. The van der Waals surface area contributed by atoms with E-state index in [2.05, 4.69) is 29.5 Å². The molecule has 7 heteroatoms. The largest absolute Gasteiger partial charge is 0.493 e. The van der Waals surface area contributed by atoms with Gasteiger partial charge in [0.1, 0.15) is 0 Å². The maximum absolute atomic E-state index is 5.68. The predicted molar refractivity (Wildman–Crippen MR) is 114 cm³/mol. The first-order chi connectivity index (χ1) is 11.7. The lowest BCUT2D eigenvalue weighted by Crippen LogP contribution is -2.38. The summed E-state index contributed by atoms with van der Waals surface area (Å²) in [5, 5.41) is 6.54. The van der Waals surface area contributed by atoms with E-state index in [1.165, 1.54) is 0 Å². The highest BCUT2D eigenvalue weighted by Crippen LogP contribution is 2.28. The van der Waals surface area contributed by atoms with Crippen molar-refractivity contribution in [3.05, 3.63) is 23.8 Å². The maximum Gasteiger partial charge on any atom is 0.191 e. The molecule has 25 heavy (non-hydrogen) atoms. The zero-order chi connectivity index (χ0) is 17.6. The van der Waals surface area contributed by atoms with Crippen LogP contribution in [0.4, 0.5) is 0 Å². The van der Waals surface area contributed by atoms with E-state index in [9.17, 15) is 0 Å². The lowest BCUT2D eigenvalue weighted by Gasteiger charge is -2.13. The fourth-order valence-electron chi connectivity index (χ4n) is 2.08. The monoisotopic (exact) mass is 465 g/mol. The number of halogens is 1. The van der Waals surface area contributed by atoms with Gasteiger partial charge >= 0.3 is 0 Å². The number of methoxy groups -OCH3 is 2. The predicted octanol–water partition coefficient (Wildman–Crippen LogP) is 3.19. The van der Waals surface area contributed by atoms with Crippen LogP contribution < -0.4 is 20.1 Å². The van der Waals surface area contributed by atoms with Gasteiger partial charge in [-0.05, 0) is 37.5 Å². The first-order valence-corrected chi connectivity index (χ1v) is 8.55. The fraction of sp³-hybridized carbons (Fsp3) is 0.611. The number of aliphatic imine (C=N–C) groups is 1. The Hall–Kier alpha value is -1.22. The summed E-state index contributed by atoms with van der Waals surface area (Å²) < 4.78 is 16.1. The van der Waals surface area contributed by atoms with Crippen molar-refractivity contribution in [1.29, 1.82) is 0 Å². The summed E-state index contributed by atoms with van der Waals surface area (Å²) in [5.74, 6) is 2.32. The van der Waals surface area contributed by atoms with Crippen molar-refractivity contribution < 1.29 is 14.2 Å². The van der Waals surface area contributed by atoms with Crippen LogP contribution in [0.2, 0.25) is 0 Å². The normalized spacial score (nSPS) is 10.8. The second-order valence-electron chi connectivity index (χ2n) is 5.30. The van der Waals surface area contributed by atoms with Crippen molar-refractivity contribution >= 4 is 29.9 Å². The van der Waals surface area contributed by atoms with Crippen molar-refractivity contribution in [2.24, 2.45) is 4.99 Å². The molecule has 144 valence electrons. The molecule has 0 heterocycles. The van der Waals surface area contributed by atoms with E-state index >= 15 is 0 Å². The summed E-state index contributed by atoms with van der Waals surface area (Å²) in [4.78, 5) is 4.61. The molecule has 0 saturated heterocycles. The lowest BCUT2D eigenvalue weighted by molar-refractivity contribution is 0.195. The minimum atomic E-state index is 0. The van der Waals surface area contributed by atoms with Gasteiger partial charge in [0.25, 0.3) is 0 Å². The lowest BCUT2D eigenvalue weighted by atomic mass is 10.2. The molecule has 0 aromatic heterocycles. The minimum absolute atomic E-state index is 0. The number of ether oxygens (including phenoxy) is 3. The quantitative estimate of drug-likeness (QED) is 0.228. The standard InChI is InChI=1S/C18H31N3O3.HI/c1-5-11-24-16-9-8-15(13-17(16)23-4)14-21-18(19-6-2)20-10-7-12-22-3;/h8-9,13H,5-7,10-12,14H2,1-4H3,(H2,19,20,21);1H. The third kappa shape index (κ3) is 9.74. The number of rotatable bonds is 11. The first-order valence-electron chi connectivity index (χ1n) is 8.55. The summed E-state index contributed by atoms with van der Waals surface area (Å²) in [6.07, 6.45) is 1.91. The zero-order valence-corrected chi connectivity index (χ0v) is 18.1. The third-order valence-corrected chi connectivity index (χ3v) is 3.27. The Kier molecular flexibility index (Phi) is 14.3. The number of hydrogen-bond acceptors (Lipinski definition) is 4. The summed E-state index contributed by atoms with van der Waals surface area (Å²) in [7, 11) is 3.36. The highest BCUT2D eigenvalue weighted by Gasteiger charge is 2.06. The van der Waals surface area contributed by atoms with E-state index in [-0.39, 0.29) is 24.0 Å². The van der Waals surface area contributed by atoms with Gasteiger partial charge in [0.05, 0.1) is 20.3 Å². The molecule has 0 saturated carbocycles. The van der Waals surface area contributed by atoms with Gasteiger partial charge in [0, 0.05) is 26.8 Å². The van der Waals surface area contributed by atoms with E-state index in [4.69, 9.17) is 14.2 Å². The van der Waals surface area contributed by atoms with Gasteiger partial charge in [-0.25, -0.2) is 4.99 Å². The number of hydrogen-bond donors (Lipinski definition) is 2. The van der Waals surface area contributed by atoms with Crippen LogP contribution in [-0.4, -0.2) is 46.5 Å². The second-order valence-corrected chi connectivity index (χ2v) is 5.30. The molecule has 0 atom stereocenters. The van der Waals surface area contributed by atoms with E-state index in [1.54, 1.807) is 14.2 Å². The molecule has 0 aliphatic heterocycles. The molecule has 0 amide bonds. The molecule has 0 unspecified atom stereocenters. The molecular formula is C18H32IN3O3. The molecule has 0 fully saturated rings. The molecule has 1 rings (SSSR count). The first kappa shape index (κ1) is 23.8. The van der Waals surface area contributed by atoms with Crippen LogP contribution in [0.5, 0.6) is 11.5 Å². The summed E-state index contributed by atoms with van der Waals surface area (Å²) in [5.41, 5.74) is 1.07. The number of nitrogens with one attached hydrogen (secondary N) is 2. The van der Waals surface area contributed by atoms with Crippen molar-refractivity contribution in [1.82, 2.24) is 10.6 Å². The SMILES string of the molecule is CCCOc1ccc(CN=C(NCC)NCCCOC)cc1OC.I. The van der Waals surface area contributed by atoms with Crippen LogP contribution in [0.3, 0.4) is 0 Å². The Bertz CT molecular complexity index is 498. The van der Waals surface area contributed by atoms with Gasteiger partial charge in [-0.15, -0.1) is 24.0 Å². The van der Waals surface area contributed by atoms with Gasteiger partial charge in [0.2, 0.25) is 0 Å². The molecule has 0 radical (unpaired) electrons. The summed E-state index contributed by atoms with van der Waals surface area (Å²) >= 11 is 0. The molecule has 1 aromatic rings. The van der Waals surface area contributed by atoms with Crippen molar-refractivity contribution in [2.75, 3.05) is 40.5 Å². The molecule has 0 aliphatic carbocycles. The number of guanidine groups is 1. The van der Waals surface area contributed by atoms with E-state index in [0.29, 0.717) is 13.2 Å². The van der Waals surface area contributed by atoms with E-state index in [1.807, 2.05) is 18.2 Å². The van der Waals surface area contributed by atoms with Crippen LogP contribution in [0.1, 0.15) is 32.3 Å². The number of nitrogens with zero attached hydrogens (tertiary/aromatic N) is 1. The smallest absolute Gasteiger partial charge is 0.191 e. The van der Waals surface area contributed by atoms with Crippen LogP contribution in [0, 0.1) is 0 Å². The van der Waals surface area contributed by atoms with Crippen molar-refractivity contribution in [3.8, 4) is 11.5 Å². The van der Waals surface area contributed by atoms with Crippen molar-refractivity contribution in [3.63, 3.8) is 0 Å². The van der Waals surface area contributed by atoms with Gasteiger partial charge in [-0.2, -0.15) is 0 Å². The van der Waals surface area contributed by atoms with Gasteiger partial charge in [-0.3, -0.25) is 0 Å². The molecule has 2 N–H and O–H groups in total. The average Bonchev–Trinajstić information content (AvgIpc) is 2.61. The minimum Gasteiger partial charge on any atom is -0.493 e. The fourth-order valence-corrected chi connectivity index (χ4v) is 2.08. The summed E-state index contributed by atoms with van der Waals surface area (Å²) in [6.45, 7) is 7.78. The third-order valence-electron chi connectivity index (χ3n) is 3.27. The Labute approximate surface area is 168 Å². The topological polar surface area (TPSA) is 64.1 Å². The van der Waals surface area contributed by atoms with Gasteiger partial charge in [-0.1, -0.05) is 13.0 Å². The summed E-state index contributed by atoms with van der Waals surface area (Å²) in [6, 6.07) is 5.94. The van der Waals surface area contributed by atoms with E-state index < -0.39 is 0 Å². The average molecular weight is 465 g/mol. The van der Waals surface area contributed by atoms with Crippen molar-refractivity contribution in [2.45, 2.75) is 33.2 Å². The Morgan fingerprint density at radius 1 is 1.08 bits per heavy atom. The molecule has 0 spiro atoms. The van der Waals surface area contributed by atoms with Crippen LogP contribution in [-0.2, 0) is 11.3 Å². The Morgan fingerprint density at radius 3 is 2.52 bits per heavy atom. The maximum atomic E-state index is 5.68. The molecule has 1 aromatic carbocycles. The molecular weight excluding hydrogens is 433 g/mol. The zero-order valence-electron chi connectivity index (χ0n) is 15.8. The van der Waals surface area contributed by atoms with Gasteiger partial charge < -0.3 is 24.8 Å². The van der Waals surface area contributed by atoms with Gasteiger partial charge in [0.15, 0.2) is 17.5 Å². The molecule has 0 bridgehead atoms. The Balaban J connectivity index is 0.00000576. The highest BCUT2D eigenvalue weighted by molar-refractivity contribution is 14.0. The molecule has 0 aliphatic rings. The van der Waals surface area contributed by atoms with E-state index in [0.717, 1.165) is 55.6 Å². The highest BCUT2D eigenvalue weighted by atomic mass is 127. The Morgan fingerprint density at radius 2 is 1.88 bits per heavy atom.